The third kappa shape index (κ3) is 3.04. The van der Waals surface area contributed by atoms with Crippen molar-refractivity contribution in [3.8, 4) is 10.6 Å². The van der Waals surface area contributed by atoms with Gasteiger partial charge in [0.2, 0.25) is 10.0 Å². The van der Waals surface area contributed by atoms with Crippen molar-refractivity contribution >= 4 is 27.0 Å². The van der Waals surface area contributed by atoms with E-state index in [4.69, 9.17) is 0 Å². The number of sulfonamides is 1. The number of rotatable bonds is 4. The highest BCUT2D eigenvalue weighted by molar-refractivity contribution is 7.92. The Bertz CT molecular complexity index is 574. The minimum atomic E-state index is -3.20. The zero-order valence-corrected chi connectivity index (χ0v) is 10.9. The molecule has 6 heteroatoms. The number of thiazole rings is 1. The zero-order chi connectivity index (χ0) is 12.3. The molecule has 0 amide bonds. The van der Waals surface area contributed by atoms with Crippen molar-refractivity contribution in [1.82, 2.24) is 4.98 Å². The Morgan fingerprint density at radius 3 is 2.53 bits per heavy atom. The Labute approximate surface area is 104 Å². The molecule has 0 aliphatic rings. The van der Waals surface area contributed by atoms with Crippen LogP contribution in [0.3, 0.4) is 0 Å². The third-order valence-corrected chi connectivity index (χ3v) is 4.35. The number of anilines is 1. The van der Waals surface area contributed by atoms with Gasteiger partial charge in [0.15, 0.2) is 0 Å². The molecule has 90 valence electrons. The van der Waals surface area contributed by atoms with Crippen LogP contribution < -0.4 is 4.72 Å². The van der Waals surface area contributed by atoms with Gasteiger partial charge in [0.05, 0.1) is 5.75 Å². The van der Waals surface area contributed by atoms with Crippen molar-refractivity contribution in [1.29, 1.82) is 0 Å². The van der Waals surface area contributed by atoms with Crippen molar-refractivity contribution < 1.29 is 8.42 Å². The number of nitrogens with zero attached hydrogens (tertiary/aromatic N) is 1. The second kappa shape index (κ2) is 4.85. The Balaban J connectivity index is 2.19. The fraction of sp³-hybridized carbons (Fsp3) is 0.182. The first-order valence-electron chi connectivity index (χ1n) is 5.11. The summed E-state index contributed by atoms with van der Waals surface area (Å²) in [5, 5.41) is 2.83. The van der Waals surface area contributed by atoms with E-state index in [1.54, 1.807) is 36.6 Å². The molecule has 0 spiro atoms. The van der Waals surface area contributed by atoms with E-state index in [2.05, 4.69) is 9.71 Å². The second-order valence-electron chi connectivity index (χ2n) is 3.42. The molecule has 0 bridgehead atoms. The van der Waals surface area contributed by atoms with E-state index in [0.29, 0.717) is 5.69 Å². The number of aromatic nitrogens is 1. The monoisotopic (exact) mass is 268 g/mol. The fourth-order valence-electron chi connectivity index (χ4n) is 1.30. The summed E-state index contributed by atoms with van der Waals surface area (Å²) in [6, 6.07) is 7.19. The largest absolute Gasteiger partial charge is 0.284 e. The average molecular weight is 268 g/mol. The molecule has 1 heterocycles. The van der Waals surface area contributed by atoms with Gasteiger partial charge in [-0.1, -0.05) is 0 Å². The lowest BCUT2D eigenvalue weighted by molar-refractivity contribution is 0.602. The Hall–Kier alpha value is -1.40. The molecule has 1 aromatic heterocycles. The lowest BCUT2D eigenvalue weighted by Crippen LogP contribution is -2.14. The minimum Gasteiger partial charge on any atom is -0.284 e. The first-order valence-corrected chi connectivity index (χ1v) is 7.64. The molecular weight excluding hydrogens is 256 g/mol. The molecule has 0 saturated heterocycles. The highest BCUT2D eigenvalue weighted by Gasteiger charge is 2.06. The summed E-state index contributed by atoms with van der Waals surface area (Å²) >= 11 is 1.55. The summed E-state index contributed by atoms with van der Waals surface area (Å²) in [4.78, 5) is 4.19. The Morgan fingerprint density at radius 1 is 1.29 bits per heavy atom. The molecule has 0 fully saturated rings. The maximum atomic E-state index is 11.4. The SMILES string of the molecule is CCS(=O)(=O)Nc1ccc(-c2nccs2)cc1. The fourth-order valence-corrected chi connectivity index (χ4v) is 2.58. The first kappa shape index (κ1) is 12.1. The smallest absolute Gasteiger partial charge is 0.232 e. The normalized spacial score (nSPS) is 11.4. The van der Waals surface area contributed by atoms with Crippen LogP contribution >= 0.6 is 11.3 Å². The zero-order valence-electron chi connectivity index (χ0n) is 9.25. The molecule has 1 aromatic carbocycles. The highest BCUT2D eigenvalue weighted by Crippen LogP contribution is 2.23. The molecule has 2 aromatic rings. The van der Waals surface area contributed by atoms with Crippen LogP contribution in [0, 0.1) is 0 Å². The predicted molar refractivity (Wildman–Crippen MR) is 70.6 cm³/mol. The molecule has 2 rings (SSSR count). The predicted octanol–water partition coefficient (Wildman–Crippen LogP) is 2.57. The molecule has 0 aliphatic heterocycles. The average Bonchev–Trinajstić information content (AvgIpc) is 2.83. The van der Waals surface area contributed by atoms with E-state index >= 15 is 0 Å². The van der Waals surface area contributed by atoms with Gasteiger partial charge in [0, 0.05) is 22.8 Å². The first-order chi connectivity index (χ1) is 8.11. The minimum absolute atomic E-state index is 0.0707. The topological polar surface area (TPSA) is 59.1 Å². The van der Waals surface area contributed by atoms with Crippen LogP contribution in [-0.2, 0) is 10.0 Å². The summed E-state index contributed by atoms with van der Waals surface area (Å²) < 4.78 is 25.2. The molecule has 0 saturated carbocycles. The highest BCUT2D eigenvalue weighted by atomic mass is 32.2. The summed E-state index contributed by atoms with van der Waals surface area (Å²) in [7, 11) is -3.20. The van der Waals surface area contributed by atoms with E-state index in [1.165, 1.54) is 0 Å². The number of benzene rings is 1. The van der Waals surface area contributed by atoms with E-state index in [1.807, 2.05) is 17.5 Å². The van der Waals surface area contributed by atoms with Crippen LogP contribution in [0.5, 0.6) is 0 Å². The van der Waals surface area contributed by atoms with Gasteiger partial charge >= 0.3 is 0 Å². The van der Waals surface area contributed by atoms with Gasteiger partial charge < -0.3 is 0 Å². The van der Waals surface area contributed by atoms with Crippen molar-refractivity contribution in [2.45, 2.75) is 6.92 Å². The van der Waals surface area contributed by atoms with Crippen molar-refractivity contribution in [3.63, 3.8) is 0 Å². The maximum Gasteiger partial charge on any atom is 0.232 e. The van der Waals surface area contributed by atoms with Crippen LogP contribution in [-0.4, -0.2) is 19.2 Å². The molecule has 0 radical (unpaired) electrons. The van der Waals surface area contributed by atoms with Crippen molar-refractivity contribution in [3.05, 3.63) is 35.8 Å². The molecular formula is C11H12N2O2S2. The van der Waals surface area contributed by atoms with E-state index in [0.717, 1.165) is 10.6 Å². The second-order valence-corrected chi connectivity index (χ2v) is 6.33. The van der Waals surface area contributed by atoms with Crippen LogP contribution in [0.1, 0.15) is 6.92 Å². The molecule has 1 N–H and O–H groups in total. The van der Waals surface area contributed by atoms with Gasteiger partial charge in [-0.3, -0.25) is 4.72 Å². The number of hydrogen-bond donors (Lipinski definition) is 1. The molecule has 0 unspecified atom stereocenters. The Kier molecular flexibility index (Phi) is 3.44. The Morgan fingerprint density at radius 2 is 2.00 bits per heavy atom. The van der Waals surface area contributed by atoms with E-state index in [-0.39, 0.29) is 5.75 Å². The quantitative estimate of drug-likeness (QED) is 0.927. The van der Waals surface area contributed by atoms with Crippen LogP contribution in [0.2, 0.25) is 0 Å². The van der Waals surface area contributed by atoms with Gasteiger partial charge in [-0.2, -0.15) is 0 Å². The third-order valence-electron chi connectivity index (χ3n) is 2.22. The van der Waals surface area contributed by atoms with Crippen molar-refractivity contribution in [2.75, 3.05) is 10.5 Å². The van der Waals surface area contributed by atoms with Gasteiger partial charge in [-0.05, 0) is 31.2 Å². The van der Waals surface area contributed by atoms with Crippen LogP contribution in [0.25, 0.3) is 10.6 Å². The maximum absolute atomic E-state index is 11.4. The van der Waals surface area contributed by atoms with Gasteiger partial charge in [0.1, 0.15) is 5.01 Å². The summed E-state index contributed by atoms with van der Waals surface area (Å²) in [6.45, 7) is 1.60. The summed E-state index contributed by atoms with van der Waals surface area (Å²) in [5.41, 5.74) is 1.56. The molecule has 17 heavy (non-hydrogen) atoms. The molecule has 0 atom stereocenters. The number of hydrogen-bond acceptors (Lipinski definition) is 4. The van der Waals surface area contributed by atoms with Gasteiger partial charge in [-0.15, -0.1) is 11.3 Å². The van der Waals surface area contributed by atoms with E-state index in [9.17, 15) is 8.42 Å². The summed E-state index contributed by atoms with van der Waals surface area (Å²) in [6.07, 6.45) is 1.74. The van der Waals surface area contributed by atoms with Crippen molar-refractivity contribution in [2.24, 2.45) is 0 Å². The molecule has 0 aliphatic carbocycles. The number of nitrogens with one attached hydrogen (secondary N) is 1. The van der Waals surface area contributed by atoms with Crippen LogP contribution in [0.15, 0.2) is 35.8 Å². The summed E-state index contributed by atoms with van der Waals surface area (Å²) in [5.74, 6) is 0.0707. The standard InChI is InChI=1S/C11H12N2O2S2/c1-2-17(14,15)13-10-5-3-9(4-6-10)11-12-7-8-16-11/h3-8,13H,2H2,1H3. The van der Waals surface area contributed by atoms with Gasteiger partial charge in [-0.25, -0.2) is 13.4 Å². The molecule has 4 nitrogen and oxygen atoms in total. The lowest BCUT2D eigenvalue weighted by Gasteiger charge is -2.06. The lowest BCUT2D eigenvalue weighted by atomic mass is 10.2. The van der Waals surface area contributed by atoms with Gasteiger partial charge in [0.25, 0.3) is 0 Å². The van der Waals surface area contributed by atoms with Crippen LogP contribution in [0.4, 0.5) is 5.69 Å². The van der Waals surface area contributed by atoms with E-state index < -0.39 is 10.0 Å².